The molecular formula is C14H16IN5O. The summed E-state index contributed by atoms with van der Waals surface area (Å²) in [6, 6.07) is 7.92. The topological polar surface area (TPSA) is 78.2 Å². The number of benzene rings is 1. The standard InChI is InChI=1S/C14H16IN5O/c15-12-13(17-9-18-14(12)21)20-6-4-19(5-7-20)11-3-1-2-10(16)8-11/h1-3,8-9H,4-7,16H2,(H,17,18,21). The minimum absolute atomic E-state index is 0.0844. The molecule has 3 rings (SSSR count). The molecule has 1 fully saturated rings. The summed E-state index contributed by atoms with van der Waals surface area (Å²) in [5.41, 5.74) is 7.67. The SMILES string of the molecule is Nc1cccc(N2CCN(c3nc[nH]c(=O)c3I)CC2)c1. The van der Waals surface area contributed by atoms with Gasteiger partial charge in [0.25, 0.3) is 5.56 Å². The maximum atomic E-state index is 11.7. The van der Waals surface area contributed by atoms with Crippen molar-refractivity contribution in [3.63, 3.8) is 0 Å². The van der Waals surface area contributed by atoms with Gasteiger partial charge in [-0.3, -0.25) is 4.79 Å². The van der Waals surface area contributed by atoms with Crippen LogP contribution in [0.25, 0.3) is 0 Å². The number of piperazine rings is 1. The number of nitrogens with two attached hydrogens (primary N) is 1. The van der Waals surface area contributed by atoms with E-state index in [-0.39, 0.29) is 5.56 Å². The molecule has 2 aromatic rings. The molecule has 1 aromatic heterocycles. The lowest BCUT2D eigenvalue weighted by atomic mass is 10.2. The Balaban J connectivity index is 1.73. The van der Waals surface area contributed by atoms with Gasteiger partial charge in [-0.15, -0.1) is 0 Å². The van der Waals surface area contributed by atoms with E-state index in [0.717, 1.165) is 43.4 Å². The minimum atomic E-state index is -0.0844. The lowest BCUT2D eigenvalue weighted by Crippen LogP contribution is -2.47. The number of halogens is 1. The summed E-state index contributed by atoms with van der Waals surface area (Å²) in [6.45, 7) is 3.44. The highest BCUT2D eigenvalue weighted by atomic mass is 127. The van der Waals surface area contributed by atoms with Crippen LogP contribution in [-0.4, -0.2) is 36.1 Å². The van der Waals surface area contributed by atoms with Crippen molar-refractivity contribution < 1.29 is 0 Å². The second-order valence-electron chi connectivity index (χ2n) is 4.94. The van der Waals surface area contributed by atoms with E-state index in [1.165, 1.54) is 6.33 Å². The van der Waals surface area contributed by atoms with Crippen molar-refractivity contribution in [1.29, 1.82) is 0 Å². The second-order valence-corrected chi connectivity index (χ2v) is 6.02. The van der Waals surface area contributed by atoms with Gasteiger partial charge in [-0.05, 0) is 40.8 Å². The van der Waals surface area contributed by atoms with Crippen molar-refractivity contribution in [2.24, 2.45) is 0 Å². The van der Waals surface area contributed by atoms with Crippen molar-refractivity contribution in [3.05, 3.63) is 44.5 Å². The fraction of sp³-hybridized carbons (Fsp3) is 0.286. The number of nitrogen functional groups attached to an aromatic ring is 1. The molecule has 21 heavy (non-hydrogen) atoms. The highest BCUT2D eigenvalue weighted by molar-refractivity contribution is 14.1. The molecule has 0 saturated carbocycles. The van der Waals surface area contributed by atoms with Gasteiger partial charge in [-0.2, -0.15) is 0 Å². The van der Waals surface area contributed by atoms with Gasteiger partial charge in [-0.25, -0.2) is 4.98 Å². The fourth-order valence-electron chi connectivity index (χ4n) is 2.49. The summed E-state index contributed by atoms with van der Waals surface area (Å²) in [6.07, 6.45) is 1.46. The fourth-order valence-corrected chi connectivity index (χ4v) is 3.13. The van der Waals surface area contributed by atoms with Crippen LogP contribution in [0.15, 0.2) is 35.4 Å². The smallest absolute Gasteiger partial charge is 0.266 e. The molecule has 0 aliphatic carbocycles. The lowest BCUT2D eigenvalue weighted by Gasteiger charge is -2.37. The van der Waals surface area contributed by atoms with Gasteiger partial charge in [0.2, 0.25) is 0 Å². The van der Waals surface area contributed by atoms with Crippen LogP contribution in [0.3, 0.4) is 0 Å². The number of rotatable bonds is 2. The first-order valence-electron chi connectivity index (χ1n) is 6.74. The first kappa shape index (κ1) is 14.2. The van der Waals surface area contributed by atoms with Crippen LogP contribution >= 0.6 is 22.6 Å². The van der Waals surface area contributed by atoms with Crippen LogP contribution in [0.2, 0.25) is 0 Å². The van der Waals surface area contributed by atoms with E-state index in [9.17, 15) is 4.79 Å². The number of aromatic amines is 1. The molecule has 110 valence electrons. The summed E-state index contributed by atoms with van der Waals surface area (Å²) in [4.78, 5) is 23.0. The Morgan fingerprint density at radius 2 is 1.90 bits per heavy atom. The quantitative estimate of drug-likeness (QED) is 0.590. The Hall–Kier alpha value is -1.77. The number of anilines is 3. The zero-order chi connectivity index (χ0) is 14.8. The van der Waals surface area contributed by atoms with Crippen LogP contribution in [0.1, 0.15) is 0 Å². The molecule has 0 atom stereocenters. The predicted octanol–water partition coefficient (Wildman–Crippen LogP) is 1.28. The molecule has 1 aliphatic heterocycles. The lowest BCUT2D eigenvalue weighted by molar-refractivity contribution is 0.645. The third-order valence-corrected chi connectivity index (χ3v) is 4.57. The monoisotopic (exact) mass is 397 g/mol. The summed E-state index contributed by atoms with van der Waals surface area (Å²) < 4.78 is 0.646. The molecule has 6 nitrogen and oxygen atoms in total. The van der Waals surface area contributed by atoms with Crippen molar-refractivity contribution in [2.45, 2.75) is 0 Å². The van der Waals surface area contributed by atoms with Gasteiger partial charge in [0.1, 0.15) is 9.39 Å². The molecule has 0 bridgehead atoms. The highest BCUT2D eigenvalue weighted by Crippen LogP contribution is 2.22. The second kappa shape index (κ2) is 5.92. The average molecular weight is 397 g/mol. The van der Waals surface area contributed by atoms with Crippen molar-refractivity contribution >= 4 is 39.8 Å². The Labute approximate surface area is 136 Å². The maximum Gasteiger partial charge on any atom is 0.266 e. The van der Waals surface area contributed by atoms with Crippen molar-refractivity contribution in [2.75, 3.05) is 41.7 Å². The Morgan fingerprint density at radius 1 is 1.19 bits per heavy atom. The van der Waals surface area contributed by atoms with Gasteiger partial charge >= 0.3 is 0 Å². The van der Waals surface area contributed by atoms with E-state index in [2.05, 4.69) is 48.4 Å². The number of hydrogen-bond donors (Lipinski definition) is 2. The molecular weight excluding hydrogens is 381 g/mol. The van der Waals surface area contributed by atoms with E-state index in [1.807, 2.05) is 18.2 Å². The van der Waals surface area contributed by atoms with Crippen molar-refractivity contribution in [1.82, 2.24) is 9.97 Å². The first-order chi connectivity index (χ1) is 10.1. The molecule has 1 saturated heterocycles. The number of aromatic nitrogens is 2. The summed E-state index contributed by atoms with van der Waals surface area (Å²) >= 11 is 2.05. The van der Waals surface area contributed by atoms with Crippen molar-refractivity contribution in [3.8, 4) is 0 Å². The zero-order valence-electron chi connectivity index (χ0n) is 11.4. The molecule has 3 N–H and O–H groups in total. The van der Waals surface area contributed by atoms with Gasteiger partial charge in [-0.1, -0.05) is 6.07 Å². The van der Waals surface area contributed by atoms with E-state index >= 15 is 0 Å². The highest BCUT2D eigenvalue weighted by Gasteiger charge is 2.21. The molecule has 0 spiro atoms. The molecule has 7 heteroatoms. The largest absolute Gasteiger partial charge is 0.399 e. The van der Waals surface area contributed by atoms with Gasteiger partial charge in [0.05, 0.1) is 6.33 Å². The van der Waals surface area contributed by atoms with Gasteiger partial charge in [0, 0.05) is 37.6 Å². The number of nitrogens with one attached hydrogen (secondary N) is 1. The molecule has 0 radical (unpaired) electrons. The number of H-pyrrole nitrogens is 1. The Kier molecular flexibility index (Phi) is 4.00. The van der Waals surface area contributed by atoms with Crippen LogP contribution in [0.4, 0.5) is 17.2 Å². The average Bonchev–Trinajstić information content (AvgIpc) is 2.50. The van der Waals surface area contributed by atoms with Gasteiger partial charge < -0.3 is 20.5 Å². The molecule has 1 aliphatic rings. The molecule has 1 aromatic carbocycles. The molecule has 0 unspecified atom stereocenters. The third-order valence-electron chi connectivity index (χ3n) is 3.59. The first-order valence-corrected chi connectivity index (χ1v) is 7.81. The summed E-state index contributed by atoms with van der Waals surface area (Å²) in [5.74, 6) is 0.770. The normalized spacial score (nSPS) is 15.3. The van der Waals surface area contributed by atoms with E-state index in [0.29, 0.717) is 3.57 Å². The van der Waals surface area contributed by atoms with Crippen LogP contribution < -0.4 is 21.1 Å². The molecule has 2 heterocycles. The summed E-state index contributed by atoms with van der Waals surface area (Å²) in [7, 11) is 0. The molecule has 0 amide bonds. The van der Waals surface area contributed by atoms with E-state index in [1.54, 1.807) is 0 Å². The number of hydrogen-bond acceptors (Lipinski definition) is 5. The van der Waals surface area contributed by atoms with Gasteiger partial charge in [0.15, 0.2) is 0 Å². The Bertz CT molecular complexity index is 694. The number of nitrogens with zero attached hydrogens (tertiary/aromatic N) is 3. The van der Waals surface area contributed by atoms with E-state index in [4.69, 9.17) is 5.73 Å². The van der Waals surface area contributed by atoms with Crippen LogP contribution in [0.5, 0.6) is 0 Å². The zero-order valence-corrected chi connectivity index (χ0v) is 13.6. The predicted molar refractivity (Wildman–Crippen MR) is 92.9 cm³/mol. The maximum absolute atomic E-state index is 11.7. The van der Waals surface area contributed by atoms with Crippen LogP contribution in [-0.2, 0) is 0 Å². The Morgan fingerprint density at radius 3 is 2.62 bits per heavy atom. The van der Waals surface area contributed by atoms with E-state index < -0.39 is 0 Å². The minimum Gasteiger partial charge on any atom is -0.399 e. The summed E-state index contributed by atoms with van der Waals surface area (Å²) in [5, 5.41) is 0. The third kappa shape index (κ3) is 2.97. The van der Waals surface area contributed by atoms with Crippen LogP contribution in [0, 0.1) is 3.57 Å².